The van der Waals surface area contributed by atoms with E-state index < -0.39 is 5.91 Å². The highest BCUT2D eigenvalue weighted by molar-refractivity contribution is 6.05. The highest BCUT2D eigenvalue weighted by Gasteiger charge is 2.32. The largest absolute Gasteiger partial charge is 0.366 e. The molecular formula is C12H11N3O2. The van der Waals surface area contributed by atoms with Crippen molar-refractivity contribution in [3.05, 3.63) is 29.8 Å². The number of amides is 2. The molecule has 1 atom stereocenters. The Morgan fingerprint density at radius 1 is 1.47 bits per heavy atom. The number of hydrogen-bond acceptors (Lipinski definition) is 3. The first-order valence-electron chi connectivity index (χ1n) is 5.22. The van der Waals surface area contributed by atoms with Crippen molar-refractivity contribution in [3.63, 3.8) is 0 Å². The van der Waals surface area contributed by atoms with Gasteiger partial charge >= 0.3 is 0 Å². The van der Waals surface area contributed by atoms with Gasteiger partial charge in [0.15, 0.2) is 0 Å². The number of hydrogen-bond donors (Lipinski definition) is 1. The van der Waals surface area contributed by atoms with E-state index in [2.05, 4.69) is 6.07 Å². The number of nitrogens with zero attached hydrogens (tertiary/aromatic N) is 2. The van der Waals surface area contributed by atoms with Crippen molar-refractivity contribution in [2.45, 2.75) is 6.42 Å². The molecule has 0 aliphatic carbocycles. The zero-order valence-corrected chi connectivity index (χ0v) is 9.09. The summed E-state index contributed by atoms with van der Waals surface area (Å²) in [6.07, 6.45) is 0.198. The van der Waals surface area contributed by atoms with Gasteiger partial charge in [-0.25, -0.2) is 0 Å². The van der Waals surface area contributed by atoms with Gasteiger partial charge in [0, 0.05) is 13.0 Å². The lowest BCUT2D eigenvalue weighted by Crippen LogP contribution is -2.27. The molecule has 5 heteroatoms. The van der Waals surface area contributed by atoms with Crippen molar-refractivity contribution in [2.24, 2.45) is 11.7 Å². The fourth-order valence-electron chi connectivity index (χ4n) is 1.94. The smallest absolute Gasteiger partial charge is 0.250 e. The Labute approximate surface area is 98.4 Å². The highest BCUT2D eigenvalue weighted by Crippen LogP contribution is 2.27. The van der Waals surface area contributed by atoms with Gasteiger partial charge in [-0.2, -0.15) is 5.26 Å². The molecule has 1 aromatic carbocycles. The van der Waals surface area contributed by atoms with Gasteiger partial charge in [-0.05, 0) is 12.1 Å². The third kappa shape index (κ3) is 1.97. The van der Waals surface area contributed by atoms with E-state index in [4.69, 9.17) is 11.0 Å². The summed E-state index contributed by atoms with van der Waals surface area (Å²) in [6, 6.07) is 8.72. The number of para-hydroxylation sites is 1. The van der Waals surface area contributed by atoms with Gasteiger partial charge < -0.3 is 10.6 Å². The van der Waals surface area contributed by atoms with Crippen LogP contribution in [0.15, 0.2) is 24.3 Å². The second kappa shape index (κ2) is 4.26. The van der Waals surface area contributed by atoms with Gasteiger partial charge in [0.2, 0.25) is 5.91 Å². The third-order valence-electron chi connectivity index (χ3n) is 2.77. The van der Waals surface area contributed by atoms with Crippen LogP contribution in [0.4, 0.5) is 5.69 Å². The molecular weight excluding hydrogens is 218 g/mol. The summed E-state index contributed by atoms with van der Waals surface area (Å²) in [6.45, 7) is 0.319. The molecule has 2 N–H and O–H groups in total. The third-order valence-corrected chi connectivity index (χ3v) is 2.77. The predicted molar refractivity (Wildman–Crippen MR) is 61.0 cm³/mol. The molecule has 5 nitrogen and oxygen atoms in total. The van der Waals surface area contributed by atoms with E-state index in [-0.39, 0.29) is 18.2 Å². The molecule has 1 heterocycles. The molecule has 1 aromatic rings. The molecule has 1 aliphatic heterocycles. The maximum absolute atomic E-state index is 11.7. The molecule has 17 heavy (non-hydrogen) atoms. The lowest BCUT2D eigenvalue weighted by molar-refractivity contribution is -0.117. The number of nitrogens with two attached hydrogens (primary N) is 1. The number of carbonyl (C=O) groups excluding carboxylic acids is 2. The quantitative estimate of drug-likeness (QED) is 0.808. The number of carbonyl (C=O) groups is 2. The molecule has 2 amide bonds. The lowest BCUT2D eigenvalue weighted by Gasteiger charge is -2.18. The van der Waals surface area contributed by atoms with E-state index in [1.165, 1.54) is 4.90 Å². The SMILES string of the molecule is N#CC1CC(=O)N(c2ccccc2C(N)=O)C1. The molecule has 1 unspecified atom stereocenters. The zero-order chi connectivity index (χ0) is 12.4. The number of nitriles is 1. The van der Waals surface area contributed by atoms with Crippen LogP contribution in [0.2, 0.25) is 0 Å². The molecule has 0 aromatic heterocycles. The van der Waals surface area contributed by atoms with Gasteiger partial charge in [0.05, 0.1) is 23.2 Å². The zero-order valence-electron chi connectivity index (χ0n) is 9.09. The van der Waals surface area contributed by atoms with Gasteiger partial charge in [-0.3, -0.25) is 9.59 Å². The van der Waals surface area contributed by atoms with Crippen molar-refractivity contribution in [1.82, 2.24) is 0 Å². The summed E-state index contributed by atoms with van der Waals surface area (Å²) >= 11 is 0. The predicted octanol–water partition coefficient (Wildman–Crippen LogP) is 0.662. The van der Waals surface area contributed by atoms with Crippen LogP contribution in [0.3, 0.4) is 0 Å². The second-order valence-corrected chi connectivity index (χ2v) is 3.92. The van der Waals surface area contributed by atoms with Crippen LogP contribution in [-0.4, -0.2) is 18.4 Å². The Kier molecular flexibility index (Phi) is 2.79. The van der Waals surface area contributed by atoms with Crippen LogP contribution in [0.5, 0.6) is 0 Å². The molecule has 1 aliphatic rings. The van der Waals surface area contributed by atoms with Gasteiger partial charge in [0.25, 0.3) is 5.91 Å². The van der Waals surface area contributed by atoms with Gasteiger partial charge in [-0.15, -0.1) is 0 Å². The lowest BCUT2D eigenvalue weighted by atomic mass is 10.1. The topological polar surface area (TPSA) is 87.2 Å². The standard InChI is InChI=1S/C12H11N3O2/c13-6-8-5-11(16)15(7-8)10-4-2-1-3-9(10)12(14)17/h1-4,8H,5,7H2,(H2,14,17). The summed E-state index contributed by atoms with van der Waals surface area (Å²) < 4.78 is 0. The average Bonchev–Trinajstić information content (AvgIpc) is 2.70. The second-order valence-electron chi connectivity index (χ2n) is 3.92. The molecule has 1 saturated heterocycles. The number of rotatable bonds is 2. The first-order valence-corrected chi connectivity index (χ1v) is 5.22. The maximum Gasteiger partial charge on any atom is 0.250 e. The molecule has 1 fully saturated rings. The van der Waals surface area contributed by atoms with Crippen molar-refractivity contribution in [3.8, 4) is 6.07 Å². The van der Waals surface area contributed by atoms with Crippen molar-refractivity contribution in [1.29, 1.82) is 5.26 Å². The Morgan fingerprint density at radius 3 is 2.76 bits per heavy atom. The molecule has 2 rings (SSSR count). The Morgan fingerprint density at radius 2 is 2.18 bits per heavy atom. The van der Waals surface area contributed by atoms with Crippen molar-refractivity contribution < 1.29 is 9.59 Å². The average molecular weight is 229 g/mol. The van der Waals surface area contributed by atoms with Crippen LogP contribution in [0.25, 0.3) is 0 Å². The highest BCUT2D eigenvalue weighted by atomic mass is 16.2. The number of primary amides is 1. The monoisotopic (exact) mass is 229 g/mol. The Balaban J connectivity index is 2.39. The van der Waals surface area contributed by atoms with Crippen molar-refractivity contribution >= 4 is 17.5 Å². The van der Waals surface area contributed by atoms with E-state index in [0.717, 1.165) is 0 Å². The maximum atomic E-state index is 11.7. The molecule has 0 bridgehead atoms. The van der Waals surface area contributed by atoms with E-state index in [1.807, 2.05) is 0 Å². The summed E-state index contributed by atoms with van der Waals surface area (Å²) in [5.41, 5.74) is 6.05. The number of benzene rings is 1. The van der Waals surface area contributed by atoms with Crippen LogP contribution < -0.4 is 10.6 Å². The van der Waals surface area contributed by atoms with Crippen LogP contribution in [0, 0.1) is 17.2 Å². The van der Waals surface area contributed by atoms with Gasteiger partial charge in [0.1, 0.15) is 0 Å². The first-order chi connectivity index (χ1) is 8.13. The fourth-order valence-corrected chi connectivity index (χ4v) is 1.94. The fraction of sp³-hybridized carbons (Fsp3) is 0.250. The Hall–Kier alpha value is -2.35. The van der Waals surface area contributed by atoms with Gasteiger partial charge in [-0.1, -0.05) is 12.1 Å². The first kappa shape index (κ1) is 11.1. The van der Waals surface area contributed by atoms with E-state index in [1.54, 1.807) is 24.3 Å². The minimum Gasteiger partial charge on any atom is -0.366 e. The summed E-state index contributed by atoms with van der Waals surface area (Å²) in [5.74, 6) is -1.04. The van der Waals surface area contributed by atoms with Crippen LogP contribution in [-0.2, 0) is 4.79 Å². The molecule has 0 saturated carbocycles. The van der Waals surface area contributed by atoms with E-state index in [9.17, 15) is 9.59 Å². The Bertz CT molecular complexity index is 519. The summed E-state index contributed by atoms with van der Waals surface area (Å²) in [5, 5.41) is 8.81. The molecule has 0 spiro atoms. The minimum atomic E-state index is -0.575. The van der Waals surface area contributed by atoms with Crippen molar-refractivity contribution in [2.75, 3.05) is 11.4 Å². The number of anilines is 1. The summed E-state index contributed by atoms with van der Waals surface area (Å²) in [4.78, 5) is 24.4. The molecule has 0 radical (unpaired) electrons. The van der Waals surface area contributed by atoms with Crippen LogP contribution in [0.1, 0.15) is 16.8 Å². The molecule has 86 valence electrons. The van der Waals surface area contributed by atoms with Crippen LogP contribution >= 0.6 is 0 Å². The van der Waals surface area contributed by atoms with E-state index in [0.29, 0.717) is 17.8 Å². The minimum absolute atomic E-state index is 0.148. The summed E-state index contributed by atoms with van der Waals surface area (Å²) in [7, 11) is 0. The normalized spacial score (nSPS) is 19.1. The van der Waals surface area contributed by atoms with E-state index >= 15 is 0 Å².